The summed E-state index contributed by atoms with van der Waals surface area (Å²) in [5.41, 5.74) is 1.10. The number of hydrogen-bond acceptors (Lipinski definition) is 4. The summed E-state index contributed by atoms with van der Waals surface area (Å²) in [7, 11) is 0. The van der Waals surface area contributed by atoms with Gasteiger partial charge in [-0.15, -0.1) is 0 Å². The van der Waals surface area contributed by atoms with Gasteiger partial charge in [0.2, 0.25) is 5.65 Å². The van der Waals surface area contributed by atoms with Crippen LogP contribution in [0.15, 0.2) is 10.8 Å². The highest BCUT2D eigenvalue weighted by Crippen LogP contribution is 2.27. The Morgan fingerprint density at radius 1 is 1.38 bits per heavy atom. The van der Waals surface area contributed by atoms with Gasteiger partial charge < -0.3 is 5.11 Å². The quantitative estimate of drug-likeness (QED) is 0.941. The predicted molar refractivity (Wildman–Crippen MR) is 64.3 cm³/mol. The monoisotopic (exact) mass is 284 g/mol. The Hall–Kier alpha value is -1.17. The van der Waals surface area contributed by atoms with Crippen LogP contribution in [0.4, 0.5) is 0 Å². The lowest BCUT2D eigenvalue weighted by molar-refractivity contribution is 0.360. The fraction of sp³-hybridized carbons (Fsp3) is 0.500. The Bertz CT molecular complexity index is 507. The second-order valence-electron chi connectivity index (χ2n) is 3.59. The molecule has 0 amide bonds. The molecular formula is C10H13BrN4O. The van der Waals surface area contributed by atoms with Crippen LogP contribution in [0.1, 0.15) is 32.7 Å². The molecule has 16 heavy (non-hydrogen) atoms. The minimum absolute atomic E-state index is 0.0122. The number of nitrogens with zero attached hydrogens (tertiary/aromatic N) is 4. The van der Waals surface area contributed by atoms with Crippen molar-refractivity contribution in [3.05, 3.63) is 10.8 Å². The molecule has 0 unspecified atom stereocenters. The second kappa shape index (κ2) is 4.37. The Morgan fingerprint density at radius 3 is 2.69 bits per heavy atom. The smallest absolute Gasteiger partial charge is 0.297 e. The summed E-state index contributed by atoms with van der Waals surface area (Å²) in [5, 5.41) is 9.81. The van der Waals surface area contributed by atoms with Crippen LogP contribution < -0.4 is 0 Å². The molecule has 0 aliphatic rings. The van der Waals surface area contributed by atoms with Gasteiger partial charge in [0.15, 0.2) is 5.65 Å². The van der Waals surface area contributed by atoms with Gasteiger partial charge in [-0.2, -0.15) is 4.98 Å². The molecular weight excluding hydrogens is 272 g/mol. The third-order valence-electron chi connectivity index (χ3n) is 2.66. The fourth-order valence-corrected chi connectivity index (χ4v) is 2.10. The Balaban J connectivity index is 2.64. The minimum Gasteiger partial charge on any atom is -0.480 e. The van der Waals surface area contributed by atoms with Gasteiger partial charge in [0.1, 0.15) is 4.60 Å². The van der Waals surface area contributed by atoms with Gasteiger partial charge in [-0.05, 0) is 28.8 Å². The highest BCUT2D eigenvalue weighted by Gasteiger charge is 2.18. The topological polar surface area (TPSA) is 63.8 Å². The van der Waals surface area contributed by atoms with Crippen LogP contribution in [0.3, 0.4) is 0 Å². The van der Waals surface area contributed by atoms with Crippen molar-refractivity contribution in [3.8, 4) is 6.01 Å². The van der Waals surface area contributed by atoms with E-state index in [1.54, 1.807) is 10.8 Å². The number of rotatable bonds is 3. The summed E-state index contributed by atoms with van der Waals surface area (Å²) in [4.78, 5) is 12.4. The van der Waals surface area contributed by atoms with Crippen molar-refractivity contribution >= 4 is 27.2 Å². The molecule has 0 saturated heterocycles. The summed E-state index contributed by atoms with van der Waals surface area (Å²) in [6.07, 6.45) is 3.46. The molecule has 0 aliphatic carbocycles. The molecule has 6 heteroatoms. The zero-order chi connectivity index (χ0) is 11.7. The molecule has 86 valence electrons. The average molecular weight is 285 g/mol. The Kier molecular flexibility index (Phi) is 3.09. The highest BCUT2D eigenvalue weighted by molar-refractivity contribution is 9.10. The average Bonchev–Trinajstić information content (AvgIpc) is 2.57. The van der Waals surface area contributed by atoms with Gasteiger partial charge in [0.25, 0.3) is 6.01 Å². The standard InChI is InChI=1S/C10H13BrN4O/c1-3-6(4-2)15-9-8(14-10(15)16)13-7(11)5-12-9/h5-6H,3-4H2,1-2H3,(H,13,14,16). The van der Waals surface area contributed by atoms with Crippen LogP contribution in [0.25, 0.3) is 11.3 Å². The van der Waals surface area contributed by atoms with Crippen molar-refractivity contribution in [2.75, 3.05) is 0 Å². The number of halogens is 1. The van der Waals surface area contributed by atoms with Crippen molar-refractivity contribution in [2.24, 2.45) is 0 Å². The van der Waals surface area contributed by atoms with Crippen molar-refractivity contribution < 1.29 is 5.11 Å². The predicted octanol–water partition coefficient (Wildman–Crippen LogP) is 2.66. The van der Waals surface area contributed by atoms with Gasteiger partial charge in [-0.3, -0.25) is 4.57 Å². The number of fused-ring (bicyclic) bond motifs is 1. The number of aromatic nitrogens is 4. The molecule has 0 bridgehead atoms. The maximum Gasteiger partial charge on any atom is 0.297 e. The van der Waals surface area contributed by atoms with E-state index in [0.717, 1.165) is 12.8 Å². The molecule has 0 aliphatic heterocycles. The SMILES string of the molecule is CCC(CC)n1c(O)nc2nc(Br)cnc21. The first-order valence-corrected chi connectivity index (χ1v) is 6.06. The third-order valence-corrected chi connectivity index (χ3v) is 3.05. The molecule has 0 atom stereocenters. The molecule has 2 heterocycles. The van der Waals surface area contributed by atoms with Crippen molar-refractivity contribution in [1.82, 2.24) is 19.5 Å². The van der Waals surface area contributed by atoms with Crippen LogP contribution >= 0.6 is 15.9 Å². The van der Waals surface area contributed by atoms with E-state index >= 15 is 0 Å². The van der Waals surface area contributed by atoms with Crippen LogP contribution in [-0.2, 0) is 0 Å². The second-order valence-corrected chi connectivity index (χ2v) is 4.40. The van der Waals surface area contributed by atoms with Crippen LogP contribution in [0.5, 0.6) is 6.01 Å². The van der Waals surface area contributed by atoms with Crippen LogP contribution in [0.2, 0.25) is 0 Å². The van der Waals surface area contributed by atoms with Crippen molar-refractivity contribution in [1.29, 1.82) is 0 Å². The largest absolute Gasteiger partial charge is 0.480 e. The number of imidazole rings is 1. The van der Waals surface area contributed by atoms with E-state index in [0.29, 0.717) is 15.9 Å². The lowest BCUT2D eigenvalue weighted by Crippen LogP contribution is -2.07. The first kappa shape index (κ1) is 11.3. The maximum absolute atomic E-state index is 9.81. The fourth-order valence-electron chi connectivity index (χ4n) is 1.83. The molecule has 1 N–H and O–H groups in total. The maximum atomic E-state index is 9.81. The van der Waals surface area contributed by atoms with E-state index < -0.39 is 0 Å². The van der Waals surface area contributed by atoms with E-state index in [-0.39, 0.29) is 12.1 Å². The zero-order valence-electron chi connectivity index (χ0n) is 9.18. The Labute approximate surface area is 102 Å². The van der Waals surface area contributed by atoms with Crippen molar-refractivity contribution in [2.45, 2.75) is 32.7 Å². The lowest BCUT2D eigenvalue weighted by atomic mass is 10.2. The number of hydrogen-bond donors (Lipinski definition) is 1. The molecule has 0 radical (unpaired) electrons. The van der Waals surface area contributed by atoms with E-state index in [1.165, 1.54) is 0 Å². The van der Waals surface area contributed by atoms with E-state index in [9.17, 15) is 5.11 Å². The number of aromatic hydroxyl groups is 1. The molecule has 0 fully saturated rings. The van der Waals surface area contributed by atoms with Gasteiger partial charge >= 0.3 is 0 Å². The van der Waals surface area contributed by atoms with Gasteiger partial charge in [0, 0.05) is 6.04 Å². The first-order valence-electron chi connectivity index (χ1n) is 5.26. The summed E-state index contributed by atoms with van der Waals surface area (Å²) >= 11 is 3.23. The molecule has 2 rings (SSSR count). The van der Waals surface area contributed by atoms with Gasteiger partial charge in [-0.1, -0.05) is 13.8 Å². The minimum atomic E-state index is -0.0122. The molecule has 2 aromatic rings. The van der Waals surface area contributed by atoms with E-state index in [4.69, 9.17) is 0 Å². The molecule has 0 spiro atoms. The summed E-state index contributed by atoms with van der Waals surface area (Å²) in [6, 6.07) is 0.197. The van der Waals surface area contributed by atoms with Crippen molar-refractivity contribution in [3.63, 3.8) is 0 Å². The summed E-state index contributed by atoms with van der Waals surface area (Å²) in [5.74, 6) is 0. The highest BCUT2D eigenvalue weighted by atomic mass is 79.9. The van der Waals surface area contributed by atoms with E-state index in [2.05, 4.69) is 44.7 Å². The van der Waals surface area contributed by atoms with Crippen LogP contribution in [-0.4, -0.2) is 24.6 Å². The third kappa shape index (κ3) is 1.77. The zero-order valence-corrected chi connectivity index (χ0v) is 10.8. The van der Waals surface area contributed by atoms with Gasteiger partial charge in [-0.25, -0.2) is 9.97 Å². The molecule has 0 saturated carbocycles. The first-order chi connectivity index (χ1) is 7.67. The van der Waals surface area contributed by atoms with Crippen LogP contribution in [0, 0.1) is 0 Å². The summed E-state index contributed by atoms with van der Waals surface area (Å²) in [6.45, 7) is 4.15. The van der Waals surface area contributed by atoms with E-state index in [1.807, 2.05) is 0 Å². The molecule has 5 nitrogen and oxygen atoms in total. The van der Waals surface area contributed by atoms with Gasteiger partial charge in [0.05, 0.1) is 6.20 Å². The summed E-state index contributed by atoms with van der Waals surface area (Å²) < 4.78 is 2.36. The molecule has 2 aromatic heterocycles. The molecule has 0 aromatic carbocycles. The lowest BCUT2D eigenvalue weighted by Gasteiger charge is -2.14. The Morgan fingerprint density at radius 2 is 2.06 bits per heavy atom. The normalized spacial score (nSPS) is 11.5.